The van der Waals surface area contributed by atoms with Gasteiger partial charge in [-0.3, -0.25) is 24.1 Å². The van der Waals surface area contributed by atoms with Gasteiger partial charge in [0.1, 0.15) is 11.5 Å². The van der Waals surface area contributed by atoms with Gasteiger partial charge in [-0.2, -0.15) is 0 Å². The predicted molar refractivity (Wildman–Crippen MR) is 245 cm³/mol. The highest BCUT2D eigenvalue weighted by atomic mass is 35.5. The fourth-order valence-electron chi connectivity index (χ4n) is 7.17. The van der Waals surface area contributed by atoms with Crippen LogP contribution in [-0.2, 0) is 19.2 Å². The van der Waals surface area contributed by atoms with E-state index in [2.05, 4.69) is 126 Å². The molecule has 3 N–H and O–H groups in total. The number of amides is 2. The number of quaternary nitrogens is 1. The van der Waals surface area contributed by atoms with E-state index in [1.54, 1.807) is 0 Å². The van der Waals surface area contributed by atoms with Gasteiger partial charge in [-0.05, 0) is 101 Å². The third kappa shape index (κ3) is 20.1. The van der Waals surface area contributed by atoms with Crippen LogP contribution in [0.1, 0.15) is 182 Å². The van der Waals surface area contributed by atoms with Crippen LogP contribution >= 0.6 is 12.4 Å². The Morgan fingerprint density at radius 1 is 0.525 bits per heavy atom. The van der Waals surface area contributed by atoms with Gasteiger partial charge in [0.25, 0.3) is 0 Å². The molecule has 0 bridgehead atoms. The second kappa shape index (κ2) is 28.1. The van der Waals surface area contributed by atoms with Crippen molar-refractivity contribution in [2.75, 3.05) is 26.2 Å². The molecule has 2 aromatic carbocycles. The topological polar surface area (TPSA) is 118 Å². The molecule has 11 heteroatoms. The van der Waals surface area contributed by atoms with Crippen LogP contribution in [0, 0.1) is 0 Å². The Balaban J connectivity index is 0.00000112. The summed E-state index contributed by atoms with van der Waals surface area (Å²) in [6.45, 7) is 36.9. The van der Waals surface area contributed by atoms with E-state index in [4.69, 9.17) is 9.47 Å². The molecule has 0 unspecified atom stereocenters. The molecule has 0 radical (unpaired) electrons. The van der Waals surface area contributed by atoms with Crippen LogP contribution in [0.2, 0.25) is 0 Å². The first-order valence-corrected chi connectivity index (χ1v) is 21.9. The molecule has 2 aromatic rings. The van der Waals surface area contributed by atoms with Crippen LogP contribution < -0.4 is 25.0 Å². The Kier molecular flexibility index (Phi) is 26.5. The number of hydrogen-bond acceptors (Lipinski definition) is 7. The maximum absolute atomic E-state index is 12.4. The molecule has 10 nitrogen and oxygen atoms in total. The molecule has 0 saturated heterocycles. The number of carbonyl (C=O) groups is 4. The van der Waals surface area contributed by atoms with Crippen molar-refractivity contribution in [3.05, 3.63) is 58.7 Å². The van der Waals surface area contributed by atoms with Gasteiger partial charge in [-0.25, -0.2) is 0 Å². The summed E-state index contributed by atoms with van der Waals surface area (Å²) in [5.41, 5.74) is 4.10. The van der Waals surface area contributed by atoms with Crippen LogP contribution in [-0.4, -0.2) is 79.0 Å². The summed E-state index contributed by atoms with van der Waals surface area (Å²) >= 11 is 0. The number of halogens is 1. The zero-order valence-corrected chi connectivity index (χ0v) is 40.4. The molecular weight excluding hydrogens is 764 g/mol. The second-order valence-electron chi connectivity index (χ2n) is 17.9. The van der Waals surface area contributed by atoms with Gasteiger partial charge in [-0.1, -0.05) is 91.8 Å². The Labute approximate surface area is 364 Å². The van der Waals surface area contributed by atoms with Crippen LogP contribution in [0.3, 0.4) is 0 Å². The number of nitrogens with zero attached hydrogens (tertiary/aromatic N) is 1. The molecule has 2 rings (SSSR count). The molecule has 0 heterocycles. The SMILES string of the molecule is CC(C)c1cccc(C(C)C)c1OC(=O)CCC(=O)NCCN(C(C)C)C(C)C.CC(C)c1cccc(C(C)C)c1OC(=O)CCC(=O)NCC[NH+](C(C)C)C(C)C.Cl. The number of esters is 2. The minimum atomic E-state index is -0.360. The van der Waals surface area contributed by atoms with E-state index in [0.29, 0.717) is 48.8 Å². The lowest BCUT2D eigenvalue weighted by molar-refractivity contribution is -0.941. The normalized spacial score (nSPS) is 11.6. The molecule has 0 spiro atoms. The molecule has 336 valence electrons. The third-order valence-electron chi connectivity index (χ3n) is 10.4. The molecular formula is C48H82ClN4O6+. The van der Waals surface area contributed by atoms with E-state index in [1.165, 1.54) is 4.90 Å². The van der Waals surface area contributed by atoms with Gasteiger partial charge in [0.15, 0.2) is 0 Å². The van der Waals surface area contributed by atoms with Crippen molar-refractivity contribution in [2.45, 2.75) is 184 Å². The van der Waals surface area contributed by atoms with Crippen LogP contribution in [0.5, 0.6) is 11.5 Å². The predicted octanol–water partition coefficient (Wildman–Crippen LogP) is 8.71. The van der Waals surface area contributed by atoms with Gasteiger partial charge in [0, 0.05) is 38.0 Å². The summed E-state index contributed by atoms with van der Waals surface area (Å²) in [4.78, 5) is 52.9. The molecule has 0 fully saturated rings. The van der Waals surface area contributed by atoms with Crippen molar-refractivity contribution < 1.29 is 33.6 Å². The first-order valence-electron chi connectivity index (χ1n) is 21.9. The minimum Gasteiger partial charge on any atom is -0.426 e. The number of para-hydroxylation sites is 2. The zero-order valence-electron chi connectivity index (χ0n) is 39.5. The van der Waals surface area contributed by atoms with E-state index in [1.807, 2.05) is 36.4 Å². The van der Waals surface area contributed by atoms with Gasteiger partial charge >= 0.3 is 11.9 Å². The van der Waals surface area contributed by atoms with Gasteiger partial charge in [-0.15, -0.1) is 12.4 Å². The highest BCUT2D eigenvalue weighted by Gasteiger charge is 2.21. The number of ether oxygens (including phenoxy) is 2. The Morgan fingerprint density at radius 3 is 1.14 bits per heavy atom. The monoisotopic (exact) mass is 846 g/mol. The first kappa shape index (κ1) is 55.5. The fourth-order valence-corrected chi connectivity index (χ4v) is 7.17. The maximum Gasteiger partial charge on any atom is 0.311 e. The van der Waals surface area contributed by atoms with Crippen LogP contribution in [0.15, 0.2) is 36.4 Å². The molecule has 0 saturated carbocycles. The Morgan fingerprint density at radius 2 is 0.847 bits per heavy atom. The molecule has 0 aliphatic heterocycles. The first-order chi connectivity index (χ1) is 27.1. The molecule has 0 aliphatic rings. The van der Waals surface area contributed by atoms with Crippen LogP contribution in [0.4, 0.5) is 0 Å². The van der Waals surface area contributed by atoms with Gasteiger partial charge < -0.3 is 25.0 Å². The van der Waals surface area contributed by atoms with Gasteiger partial charge in [0.05, 0.1) is 38.0 Å². The van der Waals surface area contributed by atoms with Crippen molar-refractivity contribution in [2.24, 2.45) is 0 Å². The number of hydrogen-bond donors (Lipinski definition) is 3. The van der Waals surface area contributed by atoms with E-state index in [-0.39, 0.29) is 85.5 Å². The van der Waals surface area contributed by atoms with Crippen molar-refractivity contribution in [1.82, 2.24) is 15.5 Å². The Bertz CT molecular complexity index is 1390. The summed E-state index contributed by atoms with van der Waals surface area (Å²) in [5.74, 6) is 1.41. The van der Waals surface area contributed by atoms with Crippen molar-refractivity contribution in [3.8, 4) is 11.5 Å². The number of benzene rings is 2. The largest absolute Gasteiger partial charge is 0.426 e. The third-order valence-corrected chi connectivity index (χ3v) is 10.4. The molecule has 59 heavy (non-hydrogen) atoms. The molecule has 0 aliphatic carbocycles. The second-order valence-corrected chi connectivity index (χ2v) is 17.9. The van der Waals surface area contributed by atoms with E-state index >= 15 is 0 Å². The summed E-state index contributed by atoms with van der Waals surface area (Å²) in [5, 5.41) is 5.85. The van der Waals surface area contributed by atoms with Crippen molar-refractivity contribution in [3.63, 3.8) is 0 Å². The molecule has 0 atom stereocenters. The summed E-state index contributed by atoms with van der Waals surface area (Å²) in [6.07, 6.45) is 0.454. The number of nitrogens with one attached hydrogen (secondary N) is 3. The Hall–Kier alpha value is -3.47. The van der Waals surface area contributed by atoms with E-state index in [0.717, 1.165) is 35.3 Å². The maximum atomic E-state index is 12.4. The summed E-state index contributed by atoms with van der Waals surface area (Å²) in [7, 11) is 0. The number of rotatable bonds is 22. The van der Waals surface area contributed by atoms with Crippen molar-refractivity contribution in [1.29, 1.82) is 0 Å². The average molecular weight is 847 g/mol. The lowest BCUT2D eigenvalue weighted by atomic mass is 9.94. The van der Waals surface area contributed by atoms with E-state index < -0.39 is 0 Å². The molecule has 0 aromatic heterocycles. The van der Waals surface area contributed by atoms with E-state index in [9.17, 15) is 19.2 Å². The standard InChI is InChI=1S/2C24H40N2O3.ClH/c2*1-16(2)20-10-9-11-21(17(3)4)24(20)29-23(28)13-12-22(27)25-14-15-26(18(5)6)19(7)8;/h2*9-11,16-19H,12-15H2,1-8H3,(H,25,27);1H/p+1. The zero-order chi connectivity index (χ0) is 44.3. The minimum absolute atomic E-state index is 0. The smallest absolute Gasteiger partial charge is 0.311 e. The highest BCUT2D eigenvalue weighted by molar-refractivity contribution is 5.85. The van der Waals surface area contributed by atoms with Crippen molar-refractivity contribution >= 4 is 36.2 Å². The average Bonchev–Trinajstić information content (AvgIpc) is 3.12. The molecule has 2 amide bonds. The summed E-state index contributed by atoms with van der Waals surface area (Å²) in [6, 6.07) is 13.9. The summed E-state index contributed by atoms with van der Waals surface area (Å²) < 4.78 is 11.5. The van der Waals surface area contributed by atoms with Gasteiger partial charge in [0.2, 0.25) is 11.8 Å². The lowest BCUT2D eigenvalue weighted by Crippen LogP contribution is -3.18. The number of carbonyl (C=O) groups excluding carboxylic acids is 4. The quantitative estimate of drug-likeness (QED) is 0.0802. The van der Waals surface area contributed by atoms with Crippen LogP contribution in [0.25, 0.3) is 0 Å². The fraction of sp³-hybridized carbons (Fsp3) is 0.667. The highest BCUT2D eigenvalue weighted by Crippen LogP contribution is 2.36. The lowest BCUT2D eigenvalue weighted by Gasteiger charge is -2.30.